The van der Waals surface area contributed by atoms with Crippen LogP contribution in [0.5, 0.6) is 0 Å². The topological polar surface area (TPSA) is 25.6 Å². The van der Waals surface area contributed by atoms with Gasteiger partial charge in [-0.1, -0.05) is 20.8 Å². The maximum atomic E-state index is 3.87. The van der Waals surface area contributed by atoms with Crippen molar-refractivity contribution in [3.8, 4) is 0 Å². The van der Waals surface area contributed by atoms with E-state index < -0.39 is 0 Å². The molecule has 3 heteroatoms. The molecule has 3 nitrogen and oxygen atoms in total. The lowest BCUT2D eigenvalue weighted by molar-refractivity contribution is 0.402. The van der Waals surface area contributed by atoms with Gasteiger partial charge in [-0.3, -0.25) is 0 Å². The molecule has 0 fully saturated rings. The largest absolute Gasteiger partial charge is 0.362 e. The number of nitrogens with one attached hydrogen (secondary N) is 1. The van der Waals surface area contributed by atoms with Gasteiger partial charge in [0.1, 0.15) is 0 Å². The van der Waals surface area contributed by atoms with E-state index in [0.717, 1.165) is 0 Å². The Labute approximate surface area is 225 Å². The fraction of sp³-hybridized carbons (Fsp3) is 0.647. The van der Waals surface area contributed by atoms with E-state index in [2.05, 4.69) is 74.7 Å². The maximum Gasteiger partial charge on any atom is 0.0314 e. The molecule has 2 aliphatic carbocycles. The van der Waals surface area contributed by atoms with Crippen LogP contribution in [-0.2, 0) is 25.8 Å². The first-order valence-corrected chi connectivity index (χ1v) is 15.3. The number of aromatic amines is 1. The average molecular weight is 500 g/mol. The summed E-state index contributed by atoms with van der Waals surface area (Å²) in [6, 6.07) is 5.58. The molecule has 0 amide bonds. The third kappa shape index (κ3) is 4.16. The van der Waals surface area contributed by atoms with Crippen LogP contribution in [0.25, 0.3) is 0 Å². The van der Waals surface area contributed by atoms with Crippen LogP contribution < -0.4 is 0 Å². The zero-order valence-corrected chi connectivity index (χ0v) is 24.5. The van der Waals surface area contributed by atoms with Gasteiger partial charge in [-0.05, 0) is 138 Å². The lowest BCUT2D eigenvalue weighted by Gasteiger charge is -2.28. The summed E-state index contributed by atoms with van der Waals surface area (Å²) < 4.78 is 5.40. The molecule has 0 radical (unpaired) electrons. The summed E-state index contributed by atoms with van der Waals surface area (Å²) in [5.41, 5.74) is 15.8. The lowest BCUT2D eigenvalue weighted by atomic mass is 9.81. The quantitative estimate of drug-likeness (QED) is 0.336. The number of aromatic nitrogens is 3. The van der Waals surface area contributed by atoms with Gasteiger partial charge in [0.2, 0.25) is 0 Å². The Morgan fingerprint density at radius 1 is 0.919 bits per heavy atom. The molecule has 4 heterocycles. The van der Waals surface area contributed by atoms with E-state index in [0.29, 0.717) is 29.7 Å². The molecule has 0 saturated heterocycles. The molecule has 4 atom stereocenters. The molecule has 6 rings (SSSR count). The standard InChI is InChI=1S/C34H49N3/c1-20(2)32-25(7)35-33-27(10-8-12-29(32)33)18-23(5)37-24(6)19-30-26(13-14-31(30)37)16-21(3)34-22(4)17-28-11-9-15-36(28)34/h17,19-21,23,26-27,35H,8-16,18H2,1-7H3. The number of fused-ring (bicyclic) bond motifs is 3. The second-order valence-corrected chi connectivity index (χ2v) is 13.3. The van der Waals surface area contributed by atoms with Crippen molar-refractivity contribution < 1.29 is 0 Å². The number of H-pyrrole nitrogens is 1. The summed E-state index contributed by atoms with van der Waals surface area (Å²) in [5.74, 6) is 2.63. The molecule has 3 aliphatic rings. The summed E-state index contributed by atoms with van der Waals surface area (Å²) in [6.45, 7) is 17.9. The highest BCUT2D eigenvalue weighted by atomic mass is 15.0. The normalized spacial score (nSPS) is 22.4. The van der Waals surface area contributed by atoms with Gasteiger partial charge in [0.15, 0.2) is 0 Å². The number of aryl methyl sites for hydroxylation is 4. The van der Waals surface area contributed by atoms with Crippen molar-refractivity contribution >= 4 is 0 Å². The van der Waals surface area contributed by atoms with E-state index in [1.807, 2.05) is 0 Å². The SMILES string of the molecule is Cc1cc2n(c1C(C)CC1CCc3c1cc(C)n3C(C)CC1CCCc3c1[nH]c(C)c3C(C)C)CCC2. The average Bonchev–Trinajstić information content (AvgIpc) is 3.61. The van der Waals surface area contributed by atoms with Crippen molar-refractivity contribution in [2.24, 2.45) is 0 Å². The van der Waals surface area contributed by atoms with Crippen molar-refractivity contribution in [3.63, 3.8) is 0 Å². The van der Waals surface area contributed by atoms with Gasteiger partial charge >= 0.3 is 0 Å². The first kappa shape index (κ1) is 25.1. The van der Waals surface area contributed by atoms with E-state index in [9.17, 15) is 0 Å². The fourth-order valence-corrected chi connectivity index (χ4v) is 9.06. The molecule has 4 unspecified atom stereocenters. The van der Waals surface area contributed by atoms with E-state index in [1.165, 1.54) is 81.3 Å². The molecule has 3 aromatic heterocycles. The molecule has 0 aromatic carbocycles. The van der Waals surface area contributed by atoms with Crippen LogP contribution in [0.15, 0.2) is 12.1 Å². The molecule has 3 aromatic rings. The van der Waals surface area contributed by atoms with Crippen molar-refractivity contribution in [2.75, 3.05) is 0 Å². The highest BCUT2D eigenvalue weighted by molar-refractivity contribution is 5.42. The molecule has 0 bridgehead atoms. The Kier molecular flexibility index (Phi) is 6.48. The van der Waals surface area contributed by atoms with Crippen molar-refractivity contribution in [1.82, 2.24) is 14.1 Å². The van der Waals surface area contributed by atoms with Crippen LogP contribution in [-0.4, -0.2) is 14.1 Å². The highest BCUT2D eigenvalue weighted by Gasteiger charge is 2.33. The van der Waals surface area contributed by atoms with Crippen molar-refractivity contribution in [2.45, 2.75) is 143 Å². The summed E-state index contributed by atoms with van der Waals surface area (Å²) in [4.78, 5) is 3.87. The van der Waals surface area contributed by atoms with Gasteiger partial charge in [0.05, 0.1) is 0 Å². The third-order valence-electron chi connectivity index (χ3n) is 10.3. The van der Waals surface area contributed by atoms with Gasteiger partial charge in [-0.15, -0.1) is 0 Å². The Bertz CT molecular complexity index is 1300. The van der Waals surface area contributed by atoms with Gasteiger partial charge < -0.3 is 14.1 Å². The Balaban J connectivity index is 1.21. The lowest BCUT2D eigenvalue weighted by Crippen LogP contribution is -2.17. The van der Waals surface area contributed by atoms with Crippen LogP contribution in [0.1, 0.15) is 152 Å². The van der Waals surface area contributed by atoms with Crippen molar-refractivity contribution in [3.05, 3.63) is 68.6 Å². The Morgan fingerprint density at radius 3 is 2.51 bits per heavy atom. The van der Waals surface area contributed by atoms with Crippen LogP contribution in [0, 0.1) is 20.8 Å². The molecular weight excluding hydrogens is 450 g/mol. The van der Waals surface area contributed by atoms with E-state index in [-0.39, 0.29) is 0 Å². The predicted molar refractivity (Wildman–Crippen MR) is 155 cm³/mol. The molecule has 0 spiro atoms. The van der Waals surface area contributed by atoms with Crippen LogP contribution in [0.3, 0.4) is 0 Å². The van der Waals surface area contributed by atoms with Crippen LogP contribution in [0.4, 0.5) is 0 Å². The highest BCUT2D eigenvalue weighted by Crippen LogP contribution is 2.46. The molecule has 1 N–H and O–H groups in total. The molecule has 0 saturated carbocycles. The minimum absolute atomic E-state index is 0.554. The van der Waals surface area contributed by atoms with Gasteiger partial charge in [-0.2, -0.15) is 0 Å². The van der Waals surface area contributed by atoms with Gasteiger partial charge in [0.25, 0.3) is 0 Å². The minimum Gasteiger partial charge on any atom is -0.362 e. The first-order chi connectivity index (χ1) is 17.7. The number of nitrogens with zero attached hydrogens (tertiary/aromatic N) is 2. The van der Waals surface area contributed by atoms with Gasteiger partial charge in [-0.25, -0.2) is 0 Å². The number of hydrogen-bond donors (Lipinski definition) is 1. The Morgan fingerprint density at radius 2 is 1.73 bits per heavy atom. The van der Waals surface area contributed by atoms with E-state index >= 15 is 0 Å². The predicted octanol–water partition coefficient (Wildman–Crippen LogP) is 8.91. The Hall–Kier alpha value is -2.16. The molecule has 200 valence electrons. The maximum absolute atomic E-state index is 3.87. The fourth-order valence-electron chi connectivity index (χ4n) is 9.06. The second-order valence-electron chi connectivity index (χ2n) is 13.3. The number of rotatable bonds is 7. The molecule has 1 aliphatic heterocycles. The monoisotopic (exact) mass is 499 g/mol. The number of hydrogen-bond acceptors (Lipinski definition) is 0. The minimum atomic E-state index is 0.554. The van der Waals surface area contributed by atoms with Crippen LogP contribution >= 0.6 is 0 Å². The molecular formula is C34H49N3. The first-order valence-electron chi connectivity index (χ1n) is 15.3. The summed E-state index contributed by atoms with van der Waals surface area (Å²) in [5, 5.41) is 0. The summed E-state index contributed by atoms with van der Waals surface area (Å²) in [7, 11) is 0. The second kappa shape index (κ2) is 9.54. The zero-order valence-electron chi connectivity index (χ0n) is 24.5. The molecule has 37 heavy (non-hydrogen) atoms. The van der Waals surface area contributed by atoms with Crippen LogP contribution in [0.2, 0.25) is 0 Å². The van der Waals surface area contributed by atoms with Crippen molar-refractivity contribution in [1.29, 1.82) is 0 Å². The smallest absolute Gasteiger partial charge is 0.0314 e. The third-order valence-corrected chi connectivity index (χ3v) is 10.3. The zero-order chi connectivity index (χ0) is 26.0. The van der Waals surface area contributed by atoms with E-state index in [4.69, 9.17) is 0 Å². The van der Waals surface area contributed by atoms with E-state index in [1.54, 1.807) is 39.5 Å². The van der Waals surface area contributed by atoms with Gasteiger partial charge in [0, 0.05) is 52.7 Å². The summed E-state index contributed by atoms with van der Waals surface area (Å²) >= 11 is 0. The summed E-state index contributed by atoms with van der Waals surface area (Å²) in [6.07, 6.45) is 11.7.